The van der Waals surface area contributed by atoms with Crippen molar-refractivity contribution in [2.45, 2.75) is 20.4 Å². The zero-order chi connectivity index (χ0) is 17.1. The maximum atomic E-state index is 14.7. The number of benzene rings is 1. The summed E-state index contributed by atoms with van der Waals surface area (Å²) < 4.78 is 31.2. The third-order valence-electron chi connectivity index (χ3n) is 3.48. The second kappa shape index (κ2) is 6.68. The lowest BCUT2D eigenvalue weighted by molar-refractivity contribution is 0.0524. The van der Waals surface area contributed by atoms with Gasteiger partial charge in [-0.05, 0) is 19.9 Å². The molecule has 0 saturated carbocycles. The standard InChI is InChI=1S/C16H18FNO5/c1-5-18-8-10(16(20)23-6-2)14(19)9-7-11(21-3)15(22-4)12(17)13(9)18/h7-8H,5-6H2,1-4H3. The molecule has 2 aromatic rings. The summed E-state index contributed by atoms with van der Waals surface area (Å²) in [5.74, 6) is -1.46. The fourth-order valence-electron chi connectivity index (χ4n) is 2.42. The van der Waals surface area contributed by atoms with Crippen LogP contribution in [0.1, 0.15) is 24.2 Å². The lowest BCUT2D eigenvalue weighted by atomic mass is 10.1. The molecule has 0 unspecified atom stereocenters. The summed E-state index contributed by atoms with van der Waals surface area (Å²) in [7, 11) is 2.66. The Morgan fingerprint density at radius 3 is 2.48 bits per heavy atom. The first-order chi connectivity index (χ1) is 11.0. The van der Waals surface area contributed by atoms with Crippen molar-refractivity contribution in [3.8, 4) is 11.5 Å². The Bertz CT molecular complexity index is 812. The minimum Gasteiger partial charge on any atom is -0.493 e. The van der Waals surface area contributed by atoms with Gasteiger partial charge in [0.25, 0.3) is 0 Å². The topological polar surface area (TPSA) is 66.8 Å². The first-order valence-corrected chi connectivity index (χ1v) is 7.14. The van der Waals surface area contributed by atoms with Gasteiger partial charge in [0.1, 0.15) is 5.56 Å². The van der Waals surface area contributed by atoms with Crippen molar-refractivity contribution < 1.29 is 23.4 Å². The molecule has 0 bridgehead atoms. The smallest absolute Gasteiger partial charge is 0.343 e. The Balaban J connectivity index is 2.92. The Hall–Kier alpha value is -2.57. The Morgan fingerprint density at radius 1 is 1.26 bits per heavy atom. The Labute approximate surface area is 132 Å². The lowest BCUT2D eigenvalue weighted by Crippen LogP contribution is -2.21. The van der Waals surface area contributed by atoms with E-state index in [0.717, 1.165) is 0 Å². The van der Waals surface area contributed by atoms with Crippen molar-refractivity contribution in [3.05, 3.63) is 33.9 Å². The van der Waals surface area contributed by atoms with Gasteiger partial charge in [-0.3, -0.25) is 4.79 Å². The number of hydrogen-bond acceptors (Lipinski definition) is 5. The van der Waals surface area contributed by atoms with E-state index in [1.807, 2.05) is 0 Å². The highest BCUT2D eigenvalue weighted by molar-refractivity contribution is 5.94. The predicted molar refractivity (Wildman–Crippen MR) is 82.9 cm³/mol. The van der Waals surface area contributed by atoms with Crippen LogP contribution in [-0.2, 0) is 11.3 Å². The molecule has 1 heterocycles. The van der Waals surface area contributed by atoms with Crippen molar-refractivity contribution in [3.63, 3.8) is 0 Å². The molecule has 7 heteroatoms. The molecule has 0 amide bonds. The zero-order valence-electron chi connectivity index (χ0n) is 13.4. The third-order valence-corrected chi connectivity index (χ3v) is 3.48. The summed E-state index contributed by atoms with van der Waals surface area (Å²) in [6.07, 6.45) is 1.30. The molecule has 0 fully saturated rings. The van der Waals surface area contributed by atoms with Gasteiger partial charge < -0.3 is 18.8 Å². The second-order valence-electron chi connectivity index (χ2n) is 4.70. The van der Waals surface area contributed by atoms with E-state index in [1.54, 1.807) is 13.8 Å². The van der Waals surface area contributed by atoms with Gasteiger partial charge in [-0.1, -0.05) is 0 Å². The SMILES string of the molecule is CCOC(=O)c1cn(CC)c2c(F)c(OC)c(OC)cc2c1=O. The van der Waals surface area contributed by atoms with Crippen molar-refractivity contribution in [2.24, 2.45) is 0 Å². The number of carbonyl (C=O) groups is 1. The molecule has 6 nitrogen and oxygen atoms in total. The summed E-state index contributed by atoms with van der Waals surface area (Å²) in [5, 5.41) is 0.0348. The normalized spacial score (nSPS) is 10.7. The number of ether oxygens (including phenoxy) is 3. The van der Waals surface area contributed by atoms with Crippen LogP contribution >= 0.6 is 0 Å². The number of hydrogen-bond donors (Lipinski definition) is 0. The van der Waals surface area contributed by atoms with Crippen LogP contribution in [-0.4, -0.2) is 31.4 Å². The van der Waals surface area contributed by atoms with E-state index in [4.69, 9.17) is 14.2 Å². The first kappa shape index (κ1) is 16.8. The van der Waals surface area contributed by atoms with Gasteiger partial charge in [0, 0.05) is 12.7 Å². The van der Waals surface area contributed by atoms with Gasteiger partial charge >= 0.3 is 5.97 Å². The van der Waals surface area contributed by atoms with Crippen LogP contribution in [0.2, 0.25) is 0 Å². The summed E-state index contributed by atoms with van der Waals surface area (Å²) in [6, 6.07) is 1.37. The molecule has 0 saturated heterocycles. The molecular formula is C16H18FNO5. The van der Waals surface area contributed by atoms with Gasteiger partial charge in [0.2, 0.25) is 5.43 Å². The van der Waals surface area contributed by atoms with E-state index in [-0.39, 0.29) is 34.6 Å². The highest BCUT2D eigenvalue weighted by Crippen LogP contribution is 2.35. The van der Waals surface area contributed by atoms with E-state index in [0.29, 0.717) is 6.54 Å². The molecule has 23 heavy (non-hydrogen) atoms. The maximum absolute atomic E-state index is 14.7. The molecule has 2 rings (SSSR count). The molecule has 1 aromatic carbocycles. The van der Waals surface area contributed by atoms with Crippen molar-refractivity contribution in [1.82, 2.24) is 4.57 Å². The molecule has 0 aliphatic heterocycles. The van der Waals surface area contributed by atoms with E-state index in [1.165, 1.54) is 31.0 Å². The van der Waals surface area contributed by atoms with E-state index in [2.05, 4.69) is 0 Å². The summed E-state index contributed by atoms with van der Waals surface area (Å²) in [6.45, 7) is 3.91. The second-order valence-corrected chi connectivity index (χ2v) is 4.70. The molecule has 0 aliphatic rings. The molecule has 124 valence electrons. The molecule has 1 aromatic heterocycles. The number of fused-ring (bicyclic) bond motifs is 1. The zero-order valence-corrected chi connectivity index (χ0v) is 13.4. The van der Waals surface area contributed by atoms with E-state index in [9.17, 15) is 14.0 Å². The van der Waals surface area contributed by atoms with Crippen LogP contribution in [0.5, 0.6) is 11.5 Å². The highest BCUT2D eigenvalue weighted by atomic mass is 19.1. The third kappa shape index (κ3) is 2.74. The minimum atomic E-state index is -0.739. The number of pyridine rings is 1. The van der Waals surface area contributed by atoms with Crippen molar-refractivity contribution >= 4 is 16.9 Å². The molecular weight excluding hydrogens is 305 g/mol. The number of carbonyl (C=O) groups excluding carboxylic acids is 1. The van der Waals surface area contributed by atoms with Crippen molar-refractivity contribution in [1.29, 1.82) is 0 Å². The van der Waals surface area contributed by atoms with Gasteiger partial charge in [0.15, 0.2) is 17.3 Å². The molecule has 0 radical (unpaired) electrons. The van der Waals surface area contributed by atoms with Crippen molar-refractivity contribution in [2.75, 3.05) is 20.8 Å². The number of nitrogens with zero attached hydrogens (tertiary/aromatic N) is 1. The summed E-state index contributed by atoms with van der Waals surface area (Å²) >= 11 is 0. The quantitative estimate of drug-likeness (QED) is 0.790. The largest absolute Gasteiger partial charge is 0.493 e. The molecule has 0 spiro atoms. The monoisotopic (exact) mass is 323 g/mol. The molecule has 0 N–H and O–H groups in total. The summed E-state index contributed by atoms with van der Waals surface area (Å²) in [4.78, 5) is 24.5. The van der Waals surface area contributed by atoms with Crippen LogP contribution in [0.15, 0.2) is 17.1 Å². The van der Waals surface area contributed by atoms with Crippen LogP contribution < -0.4 is 14.9 Å². The van der Waals surface area contributed by atoms with E-state index < -0.39 is 17.2 Å². The number of rotatable bonds is 5. The lowest BCUT2D eigenvalue weighted by Gasteiger charge is -2.15. The predicted octanol–water partition coefficient (Wildman–Crippen LogP) is 2.35. The van der Waals surface area contributed by atoms with Gasteiger partial charge in [-0.25, -0.2) is 9.18 Å². The Kier molecular flexibility index (Phi) is 4.88. The fourth-order valence-corrected chi connectivity index (χ4v) is 2.42. The first-order valence-electron chi connectivity index (χ1n) is 7.14. The summed E-state index contributed by atoms with van der Waals surface area (Å²) in [5.41, 5.74) is -0.695. The Morgan fingerprint density at radius 2 is 1.96 bits per heavy atom. The van der Waals surface area contributed by atoms with E-state index >= 15 is 0 Å². The maximum Gasteiger partial charge on any atom is 0.343 e. The molecule has 0 atom stereocenters. The number of aryl methyl sites for hydroxylation is 1. The average molecular weight is 323 g/mol. The number of methoxy groups -OCH3 is 2. The average Bonchev–Trinajstić information content (AvgIpc) is 2.55. The number of aromatic nitrogens is 1. The highest BCUT2D eigenvalue weighted by Gasteiger charge is 2.23. The van der Waals surface area contributed by atoms with Gasteiger partial charge in [-0.15, -0.1) is 0 Å². The van der Waals surface area contributed by atoms with Crippen LogP contribution in [0.3, 0.4) is 0 Å². The fraction of sp³-hybridized carbons (Fsp3) is 0.375. The van der Waals surface area contributed by atoms with Crippen LogP contribution in [0.4, 0.5) is 4.39 Å². The molecule has 0 aliphatic carbocycles. The number of halogens is 1. The van der Waals surface area contributed by atoms with Gasteiger partial charge in [0.05, 0.1) is 31.7 Å². The van der Waals surface area contributed by atoms with Crippen LogP contribution in [0, 0.1) is 5.82 Å². The van der Waals surface area contributed by atoms with Gasteiger partial charge in [-0.2, -0.15) is 0 Å². The number of esters is 1. The minimum absolute atomic E-state index is 0.0348. The van der Waals surface area contributed by atoms with Crippen LogP contribution in [0.25, 0.3) is 10.9 Å².